The van der Waals surface area contributed by atoms with Crippen molar-refractivity contribution in [2.75, 3.05) is 67.1 Å². The first-order valence-corrected chi connectivity index (χ1v) is 26.7. The van der Waals surface area contributed by atoms with E-state index in [1.54, 1.807) is 0 Å². The molecule has 2 heterocycles. The highest BCUT2D eigenvalue weighted by Gasteiger charge is 2.49. The standard InChI is InChI=1S/C58H95N3O7/c1-6-8-10-12-14-16-18-20-22-24-26-28-30-32-34-36-40-56(63)65-51-42-53-54(68-58(67-53)44-47-61(48-45-58)55(62)39-38-46-60(5)50-49-59(3)4)43-52-66-57(64)41-37-35-33-31-29-27-25-23-21-19-17-15-13-11-9-7-2/h8-11,14-17,20-23,26-29,53-54H,6-7,12-13,18-19,24-25,30-52H2,1-5H3/b10-8-,11-9-,16-14-,17-15-,22-20-,23-21-,28-26-,29-27-. The number of esters is 2. The van der Waals surface area contributed by atoms with Crippen LogP contribution in [0.4, 0.5) is 0 Å². The molecule has 0 N–H and O–H groups in total. The van der Waals surface area contributed by atoms with E-state index in [9.17, 15) is 14.4 Å². The Bertz CT molecular complexity index is 1460. The van der Waals surface area contributed by atoms with Gasteiger partial charge in [-0.15, -0.1) is 0 Å². The van der Waals surface area contributed by atoms with Crippen LogP contribution in [0.2, 0.25) is 0 Å². The van der Waals surface area contributed by atoms with Crippen LogP contribution in [0.15, 0.2) is 97.2 Å². The second kappa shape index (κ2) is 41.0. The third kappa shape index (κ3) is 32.1. The van der Waals surface area contributed by atoms with Gasteiger partial charge in [0.15, 0.2) is 5.79 Å². The van der Waals surface area contributed by atoms with Gasteiger partial charge in [-0.1, -0.05) is 124 Å². The minimum absolute atomic E-state index is 0.176. The molecule has 2 aliphatic rings. The van der Waals surface area contributed by atoms with Gasteiger partial charge in [0, 0.05) is 71.1 Å². The molecule has 0 aromatic carbocycles. The zero-order valence-electron chi connectivity index (χ0n) is 43.5. The molecule has 0 aromatic heterocycles. The van der Waals surface area contributed by atoms with Gasteiger partial charge >= 0.3 is 11.9 Å². The lowest BCUT2D eigenvalue weighted by Crippen LogP contribution is -2.47. The number of nitrogens with zero attached hydrogens (tertiary/aromatic N) is 3. The summed E-state index contributed by atoms with van der Waals surface area (Å²) in [5.41, 5.74) is 0. The summed E-state index contributed by atoms with van der Waals surface area (Å²) in [7, 11) is 6.25. The van der Waals surface area contributed by atoms with Gasteiger partial charge in [-0.2, -0.15) is 0 Å². The lowest BCUT2D eigenvalue weighted by molar-refractivity contribution is -0.203. The summed E-state index contributed by atoms with van der Waals surface area (Å²) in [4.78, 5) is 44.9. The van der Waals surface area contributed by atoms with Crippen LogP contribution < -0.4 is 0 Å². The van der Waals surface area contributed by atoms with Gasteiger partial charge in [-0.3, -0.25) is 14.4 Å². The first-order valence-electron chi connectivity index (χ1n) is 26.7. The molecule has 0 bridgehead atoms. The molecular formula is C58H95N3O7. The lowest BCUT2D eigenvalue weighted by Gasteiger charge is -2.38. The fourth-order valence-corrected chi connectivity index (χ4v) is 8.03. The maximum Gasteiger partial charge on any atom is 0.305 e. The number of unbranched alkanes of at least 4 members (excludes halogenated alkanes) is 6. The van der Waals surface area contributed by atoms with E-state index in [-0.39, 0.29) is 43.3 Å². The largest absolute Gasteiger partial charge is 0.466 e. The topological polar surface area (TPSA) is 97.9 Å². The van der Waals surface area contributed by atoms with E-state index in [1.807, 2.05) is 4.90 Å². The third-order valence-electron chi connectivity index (χ3n) is 12.2. The number of allylic oxidation sites excluding steroid dienone is 16. The van der Waals surface area contributed by atoms with Crippen LogP contribution in [0.3, 0.4) is 0 Å². The van der Waals surface area contributed by atoms with E-state index in [0.717, 1.165) is 129 Å². The summed E-state index contributed by atoms with van der Waals surface area (Å²) < 4.78 is 24.7. The van der Waals surface area contributed by atoms with Crippen molar-refractivity contribution >= 4 is 17.8 Å². The number of likely N-dealkylation sites (N-methyl/N-ethyl adjacent to an activating group) is 2. The Hall–Kier alpha value is -3.83. The molecule has 68 heavy (non-hydrogen) atoms. The van der Waals surface area contributed by atoms with E-state index in [0.29, 0.717) is 58.0 Å². The molecule has 0 radical (unpaired) electrons. The average molecular weight is 946 g/mol. The molecule has 0 saturated carbocycles. The van der Waals surface area contributed by atoms with Gasteiger partial charge in [-0.25, -0.2) is 0 Å². The van der Waals surface area contributed by atoms with E-state index >= 15 is 0 Å². The van der Waals surface area contributed by atoms with Gasteiger partial charge in [0.2, 0.25) is 5.91 Å². The van der Waals surface area contributed by atoms with Crippen LogP contribution >= 0.6 is 0 Å². The zero-order valence-corrected chi connectivity index (χ0v) is 43.5. The zero-order chi connectivity index (χ0) is 49.2. The van der Waals surface area contributed by atoms with Crippen LogP contribution in [0.1, 0.15) is 168 Å². The number of amides is 1. The molecule has 10 nitrogen and oxygen atoms in total. The van der Waals surface area contributed by atoms with Crippen molar-refractivity contribution in [1.82, 2.24) is 14.7 Å². The van der Waals surface area contributed by atoms with E-state index in [1.165, 1.54) is 0 Å². The summed E-state index contributed by atoms with van der Waals surface area (Å²) in [5, 5.41) is 0. The molecule has 2 unspecified atom stereocenters. The van der Waals surface area contributed by atoms with Crippen molar-refractivity contribution in [2.45, 2.75) is 186 Å². The summed E-state index contributed by atoms with van der Waals surface area (Å²) in [6, 6.07) is 0. The highest BCUT2D eigenvalue weighted by molar-refractivity contribution is 5.76. The molecule has 1 amide bonds. The molecule has 0 aliphatic carbocycles. The fraction of sp³-hybridized carbons (Fsp3) is 0.672. The minimum atomic E-state index is -0.798. The number of likely N-dealkylation sites (tertiary alicyclic amines) is 1. The molecule has 10 heteroatoms. The van der Waals surface area contributed by atoms with E-state index in [2.05, 4.69) is 142 Å². The SMILES string of the molecule is CC/C=C\C/C=C\C/C=C\C/C=C\CCCCCC(=O)OCCC1OC2(CCN(C(=O)CCCN(C)CCN(C)C)CC2)OC1CCOC(=O)CCCCC/C=C\C/C=C\C/C=C\C/C=C\CC. The molecular weight excluding hydrogens is 851 g/mol. The Morgan fingerprint density at radius 2 is 0.926 bits per heavy atom. The minimum Gasteiger partial charge on any atom is -0.466 e. The number of ether oxygens (including phenoxy) is 4. The van der Waals surface area contributed by atoms with Crippen molar-refractivity contribution in [3.63, 3.8) is 0 Å². The Balaban J connectivity index is 1.73. The molecule has 2 rings (SSSR count). The second-order valence-corrected chi connectivity index (χ2v) is 18.5. The monoisotopic (exact) mass is 946 g/mol. The predicted molar refractivity (Wildman–Crippen MR) is 282 cm³/mol. The lowest BCUT2D eigenvalue weighted by atomic mass is 10.0. The van der Waals surface area contributed by atoms with Gasteiger partial charge in [-0.05, 0) is 124 Å². The third-order valence-corrected chi connectivity index (χ3v) is 12.2. The van der Waals surface area contributed by atoms with Crippen molar-refractivity contribution in [1.29, 1.82) is 0 Å². The maximum absolute atomic E-state index is 13.2. The van der Waals surface area contributed by atoms with Crippen LogP contribution in [0.25, 0.3) is 0 Å². The van der Waals surface area contributed by atoms with Gasteiger partial charge < -0.3 is 33.6 Å². The van der Waals surface area contributed by atoms with Gasteiger partial charge in [0.25, 0.3) is 0 Å². The maximum atomic E-state index is 13.2. The first-order chi connectivity index (χ1) is 33.2. The van der Waals surface area contributed by atoms with Crippen LogP contribution in [-0.2, 0) is 33.3 Å². The molecule has 2 aliphatic heterocycles. The second-order valence-electron chi connectivity index (χ2n) is 18.5. The number of rotatable bonds is 39. The molecule has 1 spiro atoms. The highest BCUT2D eigenvalue weighted by atomic mass is 16.8. The average Bonchev–Trinajstić information content (AvgIpc) is 3.66. The predicted octanol–water partition coefficient (Wildman–Crippen LogP) is 12.7. The Morgan fingerprint density at radius 3 is 1.34 bits per heavy atom. The van der Waals surface area contributed by atoms with Crippen LogP contribution in [0.5, 0.6) is 0 Å². The summed E-state index contributed by atoms with van der Waals surface area (Å²) in [6.45, 7) is 8.80. The van der Waals surface area contributed by atoms with Gasteiger partial charge in [0.05, 0.1) is 25.4 Å². The fourth-order valence-electron chi connectivity index (χ4n) is 8.03. The van der Waals surface area contributed by atoms with Crippen LogP contribution in [-0.4, -0.2) is 118 Å². The summed E-state index contributed by atoms with van der Waals surface area (Å²) in [5.74, 6) is -0.993. The normalized spacial score (nSPS) is 17.9. The van der Waals surface area contributed by atoms with Crippen molar-refractivity contribution < 1.29 is 33.3 Å². The summed E-state index contributed by atoms with van der Waals surface area (Å²) >= 11 is 0. The number of carbonyl (C=O) groups excluding carboxylic acids is 3. The van der Waals surface area contributed by atoms with E-state index in [4.69, 9.17) is 18.9 Å². The quantitative estimate of drug-likeness (QED) is 0.0339. The first kappa shape index (κ1) is 60.3. The Labute approximate surface area is 414 Å². The van der Waals surface area contributed by atoms with Crippen molar-refractivity contribution in [2.24, 2.45) is 0 Å². The molecule has 2 fully saturated rings. The Morgan fingerprint density at radius 1 is 0.515 bits per heavy atom. The number of piperidine rings is 1. The number of hydrogen-bond acceptors (Lipinski definition) is 9. The molecule has 2 saturated heterocycles. The molecule has 384 valence electrons. The van der Waals surface area contributed by atoms with Crippen molar-refractivity contribution in [3.05, 3.63) is 97.2 Å². The van der Waals surface area contributed by atoms with Crippen LogP contribution in [0, 0.1) is 0 Å². The summed E-state index contributed by atoms with van der Waals surface area (Å²) in [6.07, 6.45) is 54.8. The molecule has 2 atom stereocenters. The van der Waals surface area contributed by atoms with Crippen molar-refractivity contribution in [3.8, 4) is 0 Å². The number of carbonyl (C=O) groups is 3. The van der Waals surface area contributed by atoms with Gasteiger partial charge in [0.1, 0.15) is 0 Å². The molecule has 0 aromatic rings. The Kier molecular flexibility index (Phi) is 36.4. The smallest absolute Gasteiger partial charge is 0.305 e. The van der Waals surface area contributed by atoms with E-state index < -0.39 is 5.79 Å². The highest BCUT2D eigenvalue weighted by Crippen LogP contribution is 2.40. The number of hydrogen-bond donors (Lipinski definition) is 0.